The topological polar surface area (TPSA) is 80.3 Å². The van der Waals surface area contributed by atoms with Gasteiger partial charge in [-0.1, -0.05) is 31.5 Å². The molecular formula is C22H25N3O3S2. The fraction of sp³-hybridized carbons (Fsp3) is 0.318. The summed E-state index contributed by atoms with van der Waals surface area (Å²) in [5.41, 5.74) is 2.46. The van der Waals surface area contributed by atoms with E-state index < -0.39 is 0 Å². The van der Waals surface area contributed by atoms with Gasteiger partial charge in [-0.25, -0.2) is 4.98 Å². The molecule has 0 fully saturated rings. The van der Waals surface area contributed by atoms with Crippen LogP contribution in [0.3, 0.4) is 0 Å². The minimum absolute atomic E-state index is 0.151. The average molecular weight is 444 g/mol. The molecule has 0 saturated carbocycles. The lowest BCUT2D eigenvalue weighted by atomic mass is 10.1. The minimum atomic E-state index is -0.330. The highest BCUT2D eigenvalue weighted by Gasteiger charge is 2.13. The van der Waals surface area contributed by atoms with Crippen LogP contribution in [-0.2, 0) is 28.9 Å². The van der Waals surface area contributed by atoms with E-state index in [0.29, 0.717) is 16.6 Å². The van der Waals surface area contributed by atoms with Gasteiger partial charge in [0.15, 0.2) is 5.13 Å². The van der Waals surface area contributed by atoms with Crippen molar-refractivity contribution < 1.29 is 14.3 Å². The number of aryl methyl sites for hydroxylation is 1. The third kappa shape index (κ3) is 6.14. The van der Waals surface area contributed by atoms with Crippen molar-refractivity contribution in [1.29, 1.82) is 0 Å². The number of carbonyl (C=O) groups is 2. The van der Waals surface area contributed by atoms with Gasteiger partial charge in [-0.3, -0.25) is 14.9 Å². The Morgan fingerprint density at radius 1 is 1.10 bits per heavy atom. The van der Waals surface area contributed by atoms with Gasteiger partial charge < -0.3 is 10.1 Å². The number of methoxy groups -OCH3 is 1. The summed E-state index contributed by atoms with van der Waals surface area (Å²) < 4.78 is 4.65. The second-order valence-electron chi connectivity index (χ2n) is 6.72. The number of hydrogen-bond acceptors (Lipinski definition) is 7. The zero-order valence-electron chi connectivity index (χ0n) is 17.1. The average Bonchev–Trinajstić information content (AvgIpc) is 3.40. The highest BCUT2D eigenvalue weighted by Crippen LogP contribution is 2.24. The van der Waals surface area contributed by atoms with E-state index >= 15 is 0 Å². The Morgan fingerprint density at radius 2 is 1.93 bits per heavy atom. The number of unbranched alkanes of at least 4 members (excludes halogenated alkanes) is 1. The molecule has 0 aliphatic rings. The van der Waals surface area contributed by atoms with Gasteiger partial charge in [0.1, 0.15) is 0 Å². The first-order chi connectivity index (χ1) is 14.6. The summed E-state index contributed by atoms with van der Waals surface area (Å²) in [7, 11) is 1.35. The first-order valence-electron chi connectivity index (χ1n) is 9.82. The van der Waals surface area contributed by atoms with Crippen LogP contribution in [0.1, 0.15) is 44.8 Å². The van der Waals surface area contributed by atoms with Crippen LogP contribution in [0, 0.1) is 0 Å². The Bertz CT molecular complexity index is 997. The quantitative estimate of drug-likeness (QED) is 0.425. The molecule has 0 unspecified atom stereocenters. The molecule has 0 atom stereocenters. The Kier molecular flexibility index (Phi) is 7.98. The van der Waals surface area contributed by atoms with Crippen LogP contribution in [0.25, 0.3) is 0 Å². The second kappa shape index (κ2) is 10.9. The lowest BCUT2D eigenvalue weighted by Gasteiger charge is -2.11. The molecule has 158 valence electrons. The van der Waals surface area contributed by atoms with Crippen molar-refractivity contribution in [2.75, 3.05) is 17.7 Å². The number of thiophene rings is 1. The summed E-state index contributed by atoms with van der Waals surface area (Å²) in [5.74, 6) is -0.531. The number of amides is 1. The number of para-hydroxylation sites is 1. The number of benzene rings is 1. The molecule has 2 aromatic heterocycles. The predicted molar refractivity (Wildman–Crippen MR) is 122 cm³/mol. The van der Waals surface area contributed by atoms with Crippen LogP contribution in [0.15, 0.2) is 42.6 Å². The Balaban J connectivity index is 1.56. The Labute approximate surface area is 184 Å². The predicted octanol–water partition coefficient (Wildman–Crippen LogP) is 5.13. The molecule has 0 bridgehead atoms. The van der Waals surface area contributed by atoms with Gasteiger partial charge >= 0.3 is 5.97 Å². The van der Waals surface area contributed by atoms with E-state index in [-0.39, 0.29) is 18.3 Å². The molecule has 0 spiro atoms. The molecule has 3 aromatic rings. The fourth-order valence-electron chi connectivity index (χ4n) is 2.88. The second-order valence-corrected chi connectivity index (χ2v) is 9.00. The molecule has 8 heteroatoms. The van der Waals surface area contributed by atoms with E-state index in [0.717, 1.165) is 21.9 Å². The van der Waals surface area contributed by atoms with Crippen molar-refractivity contribution in [3.63, 3.8) is 0 Å². The molecular weight excluding hydrogens is 418 g/mol. The highest BCUT2D eigenvalue weighted by atomic mass is 32.1. The number of esters is 1. The Morgan fingerprint density at radius 3 is 2.73 bits per heavy atom. The van der Waals surface area contributed by atoms with Crippen molar-refractivity contribution in [1.82, 2.24) is 4.98 Å². The molecule has 2 N–H and O–H groups in total. The van der Waals surface area contributed by atoms with Gasteiger partial charge in [0, 0.05) is 28.2 Å². The summed E-state index contributed by atoms with van der Waals surface area (Å²) in [4.78, 5) is 30.5. The number of anilines is 2. The van der Waals surface area contributed by atoms with Crippen LogP contribution >= 0.6 is 22.7 Å². The van der Waals surface area contributed by atoms with E-state index in [1.165, 1.54) is 48.2 Å². The fourth-order valence-corrected chi connectivity index (χ4v) is 4.51. The summed E-state index contributed by atoms with van der Waals surface area (Å²) in [5, 5.41) is 6.76. The van der Waals surface area contributed by atoms with Gasteiger partial charge in [-0.2, -0.15) is 0 Å². The molecule has 0 saturated heterocycles. The van der Waals surface area contributed by atoms with E-state index in [1.807, 2.05) is 18.2 Å². The molecule has 0 radical (unpaired) electrons. The number of carbonyl (C=O) groups excluding carboxylic acids is 2. The van der Waals surface area contributed by atoms with Crippen LogP contribution in [0.5, 0.6) is 0 Å². The molecule has 0 aliphatic carbocycles. The zero-order chi connectivity index (χ0) is 21.3. The van der Waals surface area contributed by atoms with Crippen molar-refractivity contribution >= 4 is 45.4 Å². The van der Waals surface area contributed by atoms with Crippen molar-refractivity contribution in [3.05, 3.63) is 62.8 Å². The summed E-state index contributed by atoms with van der Waals surface area (Å²) >= 11 is 2.72. The first kappa shape index (κ1) is 22.0. The first-order valence-corrected chi connectivity index (χ1v) is 11.5. The molecule has 3 rings (SSSR count). The number of nitrogens with one attached hydrogen (secondary N) is 2. The van der Waals surface area contributed by atoms with E-state index in [4.69, 9.17) is 0 Å². The maximum absolute atomic E-state index is 12.5. The third-order valence-electron chi connectivity index (χ3n) is 4.48. The van der Waals surface area contributed by atoms with E-state index in [9.17, 15) is 9.59 Å². The Hall–Kier alpha value is -2.71. The normalized spacial score (nSPS) is 10.6. The van der Waals surface area contributed by atoms with Crippen LogP contribution in [0.4, 0.5) is 10.8 Å². The van der Waals surface area contributed by atoms with Crippen LogP contribution in [-0.4, -0.2) is 24.0 Å². The monoisotopic (exact) mass is 443 g/mol. The summed E-state index contributed by atoms with van der Waals surface area (Å²) in [6.45, 7) is 2.86. The van der Waals surface area contributed by atoms with Gasteiger partial charge in [-0.15, -0.1) is 22.7 Å². The highest BCUT2D eigenvalue weighted by molar-refractivity contribution is 7.16. The van der Waals surface area contributed by atoms with E-state index in [2.05, 4.69) is 45.5 Å². The molecule has 1 aromatic carbocycles. The lowest BCUT2D eigenvalue weighted by Crippen LogP contribution is -2.09. The summed E-state index contributed by atoms with van der Waals surface area (Å²) in [6.07, 6.45) is 5.13. The minimum Gasteiger partial charge on any atom is -0.469 e. The number of aromatic nitrogens is 1. The molecule has 0 aliphatic heterocycles. The number of ether oxygens (including phenoxy) is 1. The molecule has 6 nitrogen and oxygen atoms in total. The third-order valence-corrected chi connectivity index (χ3v) is 6.47. The smallest absolute Gasteiger partial charge is 0.310 e. The van der Waals surface area contributed by atoms with Crippen molar-refractivity contribution in [2.45, 2.75) is 39.2 Å². The van der Waals surface area contributed by atoms with Gasteiger partial charge in [-0.05, 0) is 36.6 Å². The number of hydrogen-bond donors (Lipinski definition) is 2. The summed E-state index contributed by atoms with van der Waals surface area (Å²) in [6, 6.07) is 12.1. The zero-order valence-corrected chi connectivity index (χ0v) is 18.7. The van der Waals surface area contributed by atoms with Crippen molar-refractivity contribution in [2.24, 2.45) is 0 Å². The van der Waals surface area contributed by atoms with Crippen LogP contribution in [0.2, 0.25) is 0 Å². The maximum Gasteiger partial charge on any atom is 0.310 e. The van der Waals surface area contributed by atoms with Gasteiger partial charge in [0.25, 0.3) is 5.91 Å². The number of rotatable bonds is 10. The number of nitrogens with zero attached hydrogens (tertiary/aromatic N) is 1. The molecule has 1 amide bonds. The largest absolute Gasteiger partial charge is 0.469 e. The van der Waals surface area contributed by atoms with Gasteiger partial charge in [0.05, 0.1) is 18.4 Å². The lowest BCUT2D eigenvalue weighted by molar-refractivity contribution is -0.139. The number of thiazole rings is 1. The van der Waals surface area contributed by atoms with Gasteiger partial charge in [0.2, 0.25) is 0 Å². The van der Waals surface area contributed by atoms with Crippen molar-refractivity contribution in [3.8, 4) is 0 Å². The van der Waals surface area contributed by atoms with Crippen LogP contribution < -0.4 is 10.6 Å². The maximum atomic E-state index is 12.5. The molecule has 30 heavy (non-hydrogen) atoms. The van der Waals surface area contributed by atoms with E-state index in [1.54, 1.807) is 6.20 Å². The molecule has 2 heterocycles. The SMILES string of the molecule is CCCCc1ccccc1NCc1ccc(C(=O)Nc2ncc(CC(=O)OC)s2)s1. The standard InChI is InChI=1S/C22H25N3O3S2/c1-3-4-7-15-8-5-6-9-18(15)23-13-16-10-11-19(29-16)21(27)25-22-24-14-17(30-22)12-20(26)28-2/h5-6,8-11,14,23H,3-4,7,12-13H2,1-2H3,(H,24,25,27).